The molecule has 23 heavy (non-hydrogen) atoms. The van der Waals surface area contributed by atoms with Gasteiger partial charge in [-0.1, -0.05) is 23.2 Å². The van der Waals surface area contributed by atoms with Gasteiger partial charge in [-0.05, 0) is 19.1 Å². The van der Waals surface area contributed by atoms with Crippen LogP contribution in [0.15, 0.2) is 18.2 Å². The van der Waals surface area contributed by atoms with E-state index < -0.39 is 16.1 Å². The van der Waals surface area contributed by atoms with Crippen molar-refractivity contribution >= 4 is 39.1 Å². The van der Waals surface area contributed by atoms with Crippen LogP contribution in [0.3, 0.4) is 0 Å². The first-order valence-corrected chi connectivity index (χ1v) is 9.64. The molecule has 1 saturated heterocycles. The van der Waals surface area contributed by atoms with E-state index in [9.17, 15) is 13.2 Å². The summed E-state index contributed by atoms with van der Waals surface area (Å²) in [5, 5.41) is 0.835. The van der Waals surface area contributed by atoms with Crippen molar-refractivity contribution in [3.63, 3.8) is 0 Å². The molecule has 0 saturated carbocycles. The van der Waals surface area contributed by atoms with Crippen LogP contribution in [0.2, 0.25) is 10.0 Å². The molecule has 2 rings (SSSR count). The summed E-state index contributed by atoms with van der Waals surface area (Å²) in [6, 6.07) is 4.78. The van der Waals surface area contributed by atoms with Crippen LogP contribution in [0.5, 0.6) is 5.75 Å². The van der Waals surface area contributed by atoms with E-state index in [2.05, 4.69) is 0 Å². The van der Waals surface area contributed by atoms with Crippen molar-refractivity contribution in [2.24, 2.45) is 0 Å². The van der Waals surface area contributed by atoms with Crippen molar-refractivity contribution in [1.29, 1.82) is 0 Å². The predicted molar refractivity (Wildman–Crippen MR) is 89.5 cm³/mol. The van der Waals surface area contributed by atoms with E-state index in [4.69, 9.17) is 27.9 Å². The average Bonchev–Trinajstić information content (AvgIpc) is 2.49. The molecule has 0 aliphatic carbocycles. The summed E-state index contributed by atoms with van der Waals surface area (Å²) in [6.45, 7) is 2.87. The fourth-order valence-electron chi connectivity index (χ4n) is 2.31. The zero-order valence-electron chi connectivity index (χ0n) is 12.8. The molecule has 0 bridgehead atoms. The quantitative estimate of drug-likeness (QED) is 0.799. The molecular weight excluding hydrogens is 363 g/mol. The molecule has 0 N–H and O–H groups in total. The number of sulfonamides is 1. The summed E-state index contributed by atoms with van der Waals surface area (Å²) in [6.07, 6.45) is 0.424. The molecule has 6 nitrogen and oxygen atoms in total. The van der Waals surface area contributed by atoms with Crippen LogP contribution in [0.25, 0.3) is 0 Å². The van der Waals surface area contributed by atoms with Gasteiger partial charge < -0.3 is 9.64 Å². The summed E-state index contributed by atoms with van der Waals surface area (Å²) >= 11 is 11.9. The number of ether oxygens (including phenoxy) is 1. The van der Waals surface area contributed by atoms with E-state index in [1.807, 2.05) is 0 Å². The van der Waals surface area contributed by atoms with Crippen LogP contribution < -0.4 is 4.74 Å². The van der Waals surface area contributed by atoms with Gasteiger partial charge >= 0.3 is 0 Å². The molecule has 1 aliphatic heterocycles. The molecule has 1 fully saturated rings. The Hall–Kier alpha value is -1.02. The third-order valence-corrected chi connectivity index (χ3v) is 5.41. The van der Waals surface area contributed by atoms with Crippen LogP contribution in [0.1, 0.15) is 6.92 Å². The Morgan fingerprint density at radius 2 is 1.83 bits per heavy atom. The second kappa shape index (κ2) is 7.25. The van der Waals surface area contributed by atoms with Crippen LogP contribution in [0.4, 0.5) is 0 Å². The van der Waals surface area contributed by atoms with Crippen molar-refractivity contribution in [3.8, 4) is 5.75 Å². The Balaban J connectivity index is 1.97. The van der Waals surface area contributed by atoms with E-state index in [1.165, 1.54) is 4.31 Å². The molecule has 1 aromatic rings. The van der Waals surface area contributed by atoms with E-state index in [0.29, 0.717) is 28.9 Å². The highest BCUT2D eigenvalue weighted by atomic mass is 35.5. The zero-order valence-corrected chi connectivity index (χ0v) is 15.2. The van der Waals surface area contributed by atoms with E-state index in [1.54, 1.807) is 30.0 Å². The Morgan fingerprint density at radius 1 is 1.22 bits per heavy atom. The SMILES string of the molecule is CC(Oc1cc(Cl)ccc1Cl)C(=O)N1CCN(S(C)(=O)=O)CC1. The van der Waals surface area contributed by atoms with Gasteiger partial charge in [-0.25, -0.2) is 8.42 Å². The van der Waals surface area contributed by atoms with Gasteiger partial charge in [0.25, 0.3) is 5.91 Å². The number of benzene rings is 1. The molecule has 1 atom stereocenters. The summed E-state index contributed by atoms with van der Waals surface area (Å²) in [7, 11) is -3.22. The van der Waals surface area contributed by atoms with Crippen molar-refractivity contribution < 1.29 is 17.9 Å². The summed E-state index contributed by atoms with van der Waals surface area (Å²) in [5.74, 6) is 0.129. The summed E-state index contributed by atoms with van der Waals surface area (Å²) in [5.41, 5.74) is 0. The second-order valence-electron chi connectivity index (χ2n) is 5.32. The number of carbonyl (C=O) groups excluding carboxylic acids is 1. The van der Waals surface area contributed by atoms with Crippen LogP contribution in [-0.4, -0.2) is 62.1 Å². The van der Waals surface area contributed by atoms with Gasteiger partial charge in [0, 0.05) is 37.3 Å². The zero-order chi connectivity index (χ0) is 17.2. The number of amides is 1. The molecule has 1 aliphatic rings. The Kier molecular flexibility index (Phi) is 5.78. The molecule has 9 heteroatoms. The third-order valence-electron chi connectivity index (χ3n) is 3.56. The maximum absolute atomic E-state index is 12.4. The minimum atomic E-state index is -3.22. The van der Waals surface area contributed by atoms with Gasteiger partial charge in [0.2, 0.25) is 10.0 Å². The molecule has 1 amide bonds. The number of hydrogen-bond acceptors (Lipinski definition) is 4. The molecule has 0 aromatic heterocycles. The minimum Gasteiger partial charge on any atom is -0.479 e. The Bertz CT molecular complexity index is 688. The van der Waals surface area contributed by atoms with E-state index >= 15 is 0 Å². The second-order valence-corrected chi connectivity index (χ2v) is 8.15. The lowest BCUT2D eigenvalue weighted by molar-refractivity contribution is -0.139. The smallest absolute Gasteiger partial charge is 0.263 e. The lowest BCUT2D eigenvalue weighted by Gasteiger charge is -2.34. The first kappa shape index (κ1) is 18.3. The highest BCUT2D eigenvalue weighted by Gasteiger charge is 2.29. The lowest BCUT2D eigenvalue weighted by Crippen LogP contribution is -2.53. The molecule has 1 heterocycles. The third kappa shape index (κ3) is 4.73. The predicted octanol–water partition coefficient (Wildman–Crippen LogP) is 1.86. The lowest BCUT2D eigenvalue weighted by atomic mass is 10.2. The van der Waals surface area contributed by atoms with E-state index in [-0.39, 0.29) is 19.0 Å². The standard InChI is InChI=1S/C14H18Cl2N2O4S/c1-10(22-13-9-11(15)3-4-12(13)16)14(19)17-5-7-18(8-6-17)23(2,20)21/h3-4,9-10H,5-8H2,1-2H3. The molecule has 1 aromatic carbocycles. The Labute approximate surface area is 146 Å². The largest absolute Gasteiger partial charge is 0.479 e. The maximum atomic E-state index is 12.4. The maximum Gasteiger partial charge on any atom is 0.263 e. The number of carbonyl (C=O) groups is 1. The fraction of sp³-hybridized carbons (Fsp3) is 0.500. The Morgan fingerprint density at radius 3 is 2.39 bits per heavy atom. The van der Waals surface area contributed by atoms with Gasteiger partial charge in [0.15, 0.2) is 6.10 Å². The molecule has 1 unspecified atom stereocenters. The normalized spacial score (nSPS) is 17.8. The minimum absolute atomic E-state index is 0.214. The average molecular weight is 381 g/mol. The highest BCUT2D eigenvalue weighted by Crippen LogP contribution is 2.28. The summed E-state index contributed by atoms with van der Waals surface area (Å²) in [4.78, 5) is 14.0. The van der Waals surface area contributed by atoms with Gasteiger partial charge in [-0.3, -0.25) is 4.79 Å². The first-order chi connectivity index (χ1) is 10.7. The molecule has 0 spiro atoms. The van der Waals surface area contributed by atoms with Crippen LogP contribution in [0, 0.1) is 0 Å². The van der Waals surface area contributed by atoms with E-state index in [0.717, 1.165) is 6.26 Å². The number of rotatable bonds is 4. The monoisotopic (exact) mass is 380 g/mol. The fourth-order valence-corrected chi connectivity index (χ4v) is 3.46. The van der Waals surface area contributed by atoms with Gasteiger partial charge in [-0.2, -0.15) is 4.31 Å². The molecule has 0 radical (unpaired) electrons. The van der Waals surface area contributed by atoms with Gasteiger partial charge in [0.1, 0.15) is 5.75 Å². The topological polar surface area (TPSA) is 66.9 Å². The molecular formula is C14H18Cl2N2O4S. The van der Waals surface area contributed by atoms with Gasteiger partial charge in [-0.15, -0.1) is 0 Å². The van der Waals surface area contributed by atoms with Crippen LogP contribution in [-0.2, 0) is 14.8 Å². The van der Waals surface area contributed by atoms with Crippen molar-refractivity contribution in [2.75, 3.05) is 32.4 Å². The number of nitrogens with zero attached hydrogens (tertiary/aromatic N) is 2. The number of hydrogen-bond donors (Lipinski definition) is 0. The van der Waals surface area contributed by atoms with Crippen molar-refractivity contribution in [3.05, 3.63) is 28.2 Å². The van der Waals surface area contributed by atoms with Crippen LogP contribution >= 0.6 is 23.2 Å². The number of halogens is 2. The van der Waals surface area contributed by atoms with Gasteiger partial charge in [0.05, 0.1) is 11.3 Å². The molecule has 128 valence electrons. The first-order valence-electron chi connectivity index (χ1n) is 7.04. The van der Waals surface area contributed by atoms with Crippen molar-refractivity contribution in [2.45, 2.75) is 13.0 Å². The summed E-state index contributed by atoms with van der Waals surface area (Å²) < 4.78 is 29.9. The number of piperazine rings is 1. The van der Waals surface area contributed by atoms with Crippen molar-refractivity contribution in [1.82, 2.24) is 9.21 Å². The highest BCUT2D eigenvalue weighted by molar-refractivity contribution is 7.88.